The fourth-order valence-electron chi connectivity index (χ4n) is 0.863. The van der Waals surface area contributed by atoms with Crippen molar-refractivity contribution in [2.45, 2.75) is 0 Å². The van der Waals surface area contributed by atoms with Crippen LogP contribution in [0, 0.1) is 5.41 Å². The number of aliphatic hydroxyl groups excluding tert-OH is 1. The van der Waals surface area contributed by atoms with Crippen LogP contribution in [0.4, 0.5) is 0 Å². The van der Waals surface area contributed by atoms with Crippen LogP contribution in [0.25, 0.3) is 0 Å². The van der Waals surface area contributed by atoms with Gasteiger partial charge in [-0.15, -0.1) is 6.58 Å². The molecule has 5 heteroatoms. The molecular weight excluding hydrogens is 224 g/mol. The summed E-state index contributed by atoms with van der Waals surface area (Å²) in [4.78, 5) is 21.8. The molecule has 0 bridgehead atoms. The maximum atomic E-state index is 10.9. The molecule has 17 heavy (non-hydrogen) atoms. The van der Waals surface area contributed by atoms with E-state index in [0.717, 1.165) is 12.2 Å². The number of rotatable bonds is 8. The third kappa shape index (κ3) is 5.12. The fourth-order valence-corrected chi connectivity index (χ4v) is 0.863. The Morgan fingerprint density at radius 2 is 1.47 bits per heavy atom. The molecule has 0 atom stereocenters. The number of hydrogen-bond acceptors (Lipinski definition) is 5. The van der Waals surface area contributed by atoms with E-state index in [1.54, 1.807) is 0 Å². The van der Waals surface area contributed by atoms with E-state index < -0.39 is 17.4 Å². The van der Waals surface area contributed by atoms with Crippen LogP contribution >= 0.6 is 0 Å². The van der Waals surface area contributed by atoms with Crippen LogP contribution in [0.15, 0.2) is 38.0 Å². The van der Waals surface area contributed by atoms with Gasteiger partial charge in [-0.1, -0.05) is 19.2 Å². The third-order valence-electron chi connectivity index (χ3n) is 2.09. The first-order valence-corrected chi connectivity index (χ1v) is 4.86. The average Bonchev–Trinajstić information content (AvgIpc) is 2.38. The summed E-state index contributed by atoms with van der Waals surface area (Å²) in [5.74, 6) is -1.25. The maximum Gasteiger partial charge on any atom is 0.330 e. The minimum absolute atomic E-state index is 0.151. The van der Waals surface area contributed by atoms with Crippen molar-refractivity contribution in [3.05, 3.63) is 38.0 Å². The summed E-state index contributed by atoms with van der Waals surface area (Å²) in [6.07, 6.45) is 3.38. The Morgan fingerprint density at radius 1 is 1.06 bits per heavy atom. The van der Waals surface area contributed by atoms with E-state index in [-0.39, 0.29) is 19.8 Å². The molecule has 94 valence electrons. The summed E-state index contributed by atoms with van der Waals surface area (Å²) >= 11 is 0. The molecule has 0 aliphatic rings. The van der Waals surface area contributed by atoms with Gasteiger partial charge in [0, 0.05) is 12.2 Å². The van der Waals surface area contributed by atoms with Crippen molar-refractivity contribution < 1.29 is 24.2 Å². The molecule has 0 aromatic heterocycles. The van der Waals surface area contributed by atoms with Gasteiger partial charge in [0.15, 0.2) is 0 Å². The first-order chi connectivity index (χ1) is 8.03. The van der Waals surface area contributed by atoms with E-state index in [4.69, 9.17) is 9.47 Å². The number of ether oxygens (including phenoxy) is 2. The highest BCUT2D eigenvalue weighted by Crippen LogP contribution is 2.19. The lowest BCUT2D eigenvalue weighted by molar-refractivity contribution is -0.147. The van der Waals surface area contributed by atoms with Crippen molar-refractivity contribution in [1.29, 1.82) is 0 Å². The Morgan fingerprint density at radius 3 is 1.71 bits per heavy atom. The predicted octanol–water partition coefficient (Wildman–Crippen LogP) is 0.609. The highest BCUT2D eigenvalue weighted by Gasteiger charge is 2.29. The van der Waals surface area contributed by atoms with Gasteiger partial charge in [0.25, 0.3) is 0 Å². The van der Waals surface area contributed by atoms with Crippen LogP contribution in [-0.2, 0) is 19.1 Å². The molecule has 0 fully saturated rings. The second-order valence-electron chi connectivity index (χ2n) is 3.35. The smallest absolute Gasteiger partial charge is 0.330 e. The van der Waals surface area contributed by atoms with Gasteiger partial charge in [-0.25, -0.2) is 9.59 Å². The Balaban J connectivity index is 4.49. The van der Waals surface area contributed by atoms with E-state index in [0.29, 0.717) is 0 Å². The molecule has 0 aliphatic carbocycles. The van der Waals surface area contributed by atoms with Gasteiger partial charge in [0.05, 0.1) is 12.0 Å². The molecule has 1 N–H and O–H groups in total. The number of aliphatic hydroxyl groups is 1. The first kappa shape index (κ1) is 15.1. The number of hydrogen-bond donors (Lipinski definition) is 1. The molecule has 5 nitrogen and oxygen atoms in total. The van der Waals surface area contributed by atoms with Crippen molar-refractivity contribution in [2.75, 3.05) is 19.8 Å². The van der Waals surface area contributed by atoms with Crippen LogP contribution in [0.5, 0.6) is 0 Å². The zero-order valence-corrected chi connectivity index (χ0v) is 9.55. The lowest BCUT2D eigenvalue weighted by Gasteiger charge is -2.26. The molecule has 0 spiro atoms. The SMILES string of the molecule is C=CC(=O)OCC(C=C)(CO)COC(=O)C=C. The van der Waals surface area contributed by atoms with Gasteiger partial charge in [-0.3, -0.25) is 0 Å². The third-order valence-corrected chi connectivity index (χ3v) is 2.09. The maximum absolute atomic E-state index is 10.9. The molecule has 0 rings (SSSR count). The van der Waals surface area contributed by atoms with Crippen molar-refractivity contribution in [2.24, 2.45) is 5.41 Å². The van der Waals surface area contributed by atoms with E-state index in [2.05, 4.69) is 19.7 Å². The summed E-state index contributed by atoms with van der Waals surface area (Å²) in [7, 11) is 0. The van der Waals surface area contributed by atoms with Crippen LogP contribution < -0.4 is 0 Å². The summed E-state index contributed by atoms with van der Waals surface area (Å²) in [5.41, 5.74) is -1.02. The van der Waals surface area contributed by atoms with Gasteiger partial charge in [0.1, 0.15) is 13.2 Å². The van der Waals surface area contributed by atoms with Crippen molar-refractivity contribution in [3.8, 4) is 0 Å². The van der Waals surface area contributed by atoms with Gasteiger partial charge < -0.3 is 14.6 Å². The first-order valence-electron chi connectivity index (χ1n) is 4.86. The number of carbonyl (C=O) groups excluding carboxylic acids is 2. The molecule has 0 heterocycles. The van der Waals surface area contributed by atoms with Crippen LogP contribution in [0.3, 0.4) is 0 Å². The van der Waals surface area contributed by atoms with Crippen LogP contribution in [0.2, 0.25) is 0 Å². The van der Waals surface area contributed by atoms with Crippen molar-refractivity contribution in [3.63, 3.8) is 0 Å². The van der Waals surface area contributed by atoms with Crippen LogP contribution in [-0.4, -0.2) is 36.9 Å². The molecule has 0 saturated carbocycles. The summed E-state index contributed by atoms with van der Waals surface area (Å²) < 4.78 is 9.60. The van der Waals surface area contributed by atoms with Gasteiger partial charge in [0.2, 0.25) is 0 Å². The van der Waals surface area contributed by atoms with Gasteiger partial charge in [-0.2, -0.15) is 0 Å². The zero-order chi connectivity index (χ0) is 13.3. The Hall–Kier alpha value is -1.88. The number of esters is 2. The highest BCUT2D eigenvalue weighted by molar-refractivity contribution is 5.81. The second-order valence-corrected chi connectivity index (χ2v) is 3.35. The molecule has 0 unspecified atom stereocenters. The minimum Gasteiger partial charge on any atom is -0.461 e. The Kier molecular flexibility index (Phi) is 6.58. The molecule has 0 radical (unpaired) electrons. The topological polar surface area (TPSA) is 72.8 Å². The van der Waals surface area contributed by atoms with Crippen LogP contribution in [0.1, 0.15) is 0 Å². The van der Waals surface area contributed by atoms with E-state index in [1.807, 2.05) is 0 Å². The Labute approximate surface area is 100 Å². The molecule has 0 aliphatic heterocycles. The largest absolute Gasteiger partial charge is 0.461 e. The monoisotopic (exact) mass is 240 g/mol. The summed E-state index contributed by atoms with van der Waals surface area (Å²) in [5, 5.41) is 9.24. The molecule has 0 aromatic carbocycles. The number of carbonyl (C=O) groups is 2. The normalized spacial score (nSPS) is 10.2. The summed E-state index contributed by atoms with van der Waals surface area (Å²) in [6, 6.07) is 0. The van der Waals surface area contributed by atoms with Crippen molar-refractivity contribution >= 4 is 11.9 Å². The fraction of sp³-hybridized carbons (Fsp3) is 0.333. The minimum atomic E-state index is -1.02. The molecular formula is C12H16O5. The van der Waals surface area contributed by atoms with Gasteiger partial charge >= 0.3 is 11.9 Å². The molecule has 0 amide bonds. The highest BCUT2D eigenvalue weighted by atomic mass is 16.5. The van der Waals surface area contributed by atoms with Gasteiger partial charge in [-0.05, 0) is 0 Å². The zero-order valence-electron chi connectivity index (χ0n) is 9.55. The van der Waals surface area contributed by atoms with E-state index in [1.165, 1.54) is 6.08 Å². The van der Waals surface area contributed by atoms with E-state index >= 15 is 0 Å². The van der Waals surface area contributed by atoms with E-state index in [9.17, 15) is 14.7 Å². The average molecular weight is 240 g/mol. The van der Waals surface area contributed by atoms with Crippen molar-refractivity contribution in [1.82, 2.24) is 0 Å². The summed E-state index contributed by atoms with van der Waals surface area (Å²) in [6.45, 7) is 9.32. The quantitative estimate of drug-likeness (QED) is 0.382. The predicted molar refractivity (Wildman–Crippen MR) is 62.0 cm³/mol. The lowest BCUT2D eigenvalue weighted by atomic mass is 9.91. The standard InChI is InChI=1S/C12H16O5/c1-4-10(14)16-8-12(6-3,7-13)9-17-11(15)5-2/h4-6,13H,1-3,7-9H2. The second kappa shape index (κ2) is 7.40. The Bertz CT molecular complexity index is 295. The molecule has 0 saturated heterocycles. The lowest BCUT2D eigenvalue weighted by Crippen LogP contribution is -2.35. The molecule has 0 aromatic rings.